The molecule has 0 atom stereocenters. The van der Waals surface area contributed by atoms with Gasteiger partial charge in [0.25, 0.3) is 0 Å². The lowest BCUT2D eigenvalue weighted by atomic mass is 10.2. The summed E-state index contributed by atoms with van der Waals surface area (Å²) in [5, 5.41) is 18.0. The zero-order valence-corrected chi connectivity index (χ0v) is 11.9. The van der Waals surface area contributed by atoms with Gasteiger partial charge in [0.05, 0.1) is 0 Å². The van der Waals surface area contributed by atoms with Crippen molar-refractivity contribution in [1.29, 1.82) is 0 Å². The summed E-state index contributed by atoms with van der Waals surface area (Å²) in [7, 11) is 0. The first-order chi connectivity index (χ1) is 9.61. The number of hydrogen-bond donors (Lipinski definition) is 2. The molecule has 0 radical (unpaired) electrons. The number of hydrogen-bond acceptors (Lipinski definition) is 5. The van der Waals surface area contributed by atoms with E-state index < -0.39 is 30.2 Å². The Morgan fingerprint density at radius 3 is 2.38 bits per heavy atom. The van der Waals surface area contributed by atoms with Crippen LogP contribution in [0.1, 0.15) is 31.1 Å². The zero-order valence-electron chi connectivity index (χ0n) is 11.9. The molecule has 1 rings (SSSR count). The van der Waals surface area contributed by atoms with Crippen molar-refractivity contribution in [2.75, 3.05) is 11.4 Å². The van der Waals surface area contributed by atoms with Crippen LogP contribution in [0.25, 0.3) is 0 Å². The second-order valence-corrected chi connectivity index (χ2v) is 5.14. The zero-order chi connectivity index (χ0) is 16.2. The van der Waals surface area contributed by atoms with Crippen molar-refractivity contribution in [2.24, 2.45) is 0 Å². The second-order valence-electron chi connectivity index (χ2n) is 5.14. The van der Waals surface area contributed by atoms with Crippen molar-refractivity contribution < 1.29 is 29.3 Å². The fraction of sp³-hybridized carbons (Fsp3) is 0.385. The molecule has 1 aromatic heterocycles. The van der Waals surface area contributed by atoms with Gasteiger partial charge in [0.2, 0.25) is 0 Å². The van der Waals surface area contributed by atoms with Crippen LogP contribution in [-0.2, 0) is 9.53 Å². The molecule has 0 saturated heterocycles. The molecule has 8 heteroatoms. The molecule has 0 bridgehead atoms. The summed E-state index contributed by atoms with van der Waals surface area (Å²) in [4.78, 5) is 38.6. The number of carbonyl (C=O) groups excluding carboxylic acids is 1. The first-order valence-corrected chi connectivity index (χ1v) is 6.02. The van der Waals surface area contributed by atoms with Gasteiger partial charge in [-0.2, -0.15) is 0 Å². The number of ether oxygens (including phenoxy) is 1. The fourth-order valence-electron chi connectivity index (χ4n) is 1.46. The average molecular weight is 296 g/mol. The highest BCUT2D eigenvalue weighted by atomic mass is 16.6. The van der Waals surface area contributed by atoms with E-state index in [1.54, 1.807) is 20.8 Å². The van der Waals surface area contributed by atoms with Crippen molar-refractivity contribution in [3.8, 4) is 0 Å². The summed E-state index contributed by atoms with van der Waals surface area (Å²) in [6.07, 6.45) is 0.284. The Labute approximate surface area is 121 Å². The smallest absolute Gasteiger partial charge is 0.416 e. The van der Waals surface area contributed by atoms with Gasteiger partial charge in [-0.25, -0.2) is 19.5 Å². The Morgan fingerprint density at radius 2 is 1.90 bits per heavy atom. The van der Waals surface area contributed by atoms with Crippen LogP contribution in [0.4, 0.5) is 10.6 Å². The number of pyridine rings is 1. The minimum atomic E-state index is -1.32. The number of aromatic carboxylic acids is 1. The monoisotopic (exact) mass is 296 g/mol. The van der Waals surface area contributed by atoms with E-state index in [9.17, 15) is 14.4 Å². The van der Waals surface area contributed by atoms with Crippen LogP contribution in [0.2, 0.25) is 0 Å². The van der Waals surface area contributed by atoms with Crippen LogP contribution in [0.5, 0.6) is 0 Å². The van der Waals surface area contributed by atoms with Crippen molar-refractivity contribution in [1.82, 2.24) is 4.98 Å². The number of anilines is 1. The lowest BCUT2D eigenvalue weighted by Gasteiger charge is -2.26. The molecule has 21 heavy (non-hydrogen) atoms. The summed E-state index contributed by atoms with van der Waals surface area (Å²) < 4.78 is 5.08. The van der Waals surface area contributed by atoms with E-state index in [2.05, 4.69) is 4.98 Å². The lowest BCUT2D eigenvalue weighted by Crippen LogP contribution is -2.41. The lowest BCUT2D eigenvalue weighted by molar-refractivity contribution is -0.135. The summed E-state index contributed by atoms with van der Waals surface area (Å²) in [5.41, 5.74) is -1.14. The van der Waals surface area contributed by atoms with Crippen molar-refractivity contribution in [3.63, 3.8) is 0 Å². The normalized spacial score (nSPS) is 10.8. The molecule has 1 heterocycles. The molecule has 1 amide bonds. The van der Waals surface area contributed by atoms with E-state index in [0.29, 0.717) is 4.90 Å². The molecular weight excluding hydrogens is 280 g/mol. The summed E-state index contributed by atoms with van der Waals surface area (Å²) in [6.45, 7) is 4.08. The van der Waals surface area contributed by atoms with Crippen molar-refractivity contribution in [3.05, 3.63) is 23.9 Å². The molecule has 0 aliphatic heterocycles. The van der Waals surface area contributed by atoms with Crippen LogP contribution < -0.4 is 4.90 Å². The number of amides is 1. The number of carboxylic acids is 2. The van der Waals surface area contributed by atoms with Gasteiger partial charge in [-0.15, -0.1) is 0 Å². The average Bonchev–Trinajstić information content (AvgIpc) is 2.33. The van der Waals surface area contributed by atoms with Gasteiger partial charge in [-0.05, 0) is 32.9 Å². The SMILES string of the molecule is CC(C)(C)OC(=O)N(CC(=O)O)c1ncccc1C(=O)O. The molecule has 114 valence electrons. The molecule has 1 aromatic rings. The second kappa shape index (κ2) is 6.21. The number of aliphatic carboxylic acids is 1. The molecule has 8 nitrogen and oxygen atoms in total. The third-order valence-electron chi connectivity index (χ3n) is 2.18. The first kappa shape index (κ1) is 16.4. The van der Waals surface area contributed by atoms with Crippen LogP contribution >= 0.6 is 0 Å². The van der Waals surface area contributed by atoms with E-state index in [0.717, 1.165) is 0 Å². The number of carboxylic acid groups (broad SMARTS) is 2. The van der Waals surface area contributed by atoms with Crippen LogP contribution in [-0.4, -0.2) is 45.4 Å². The number of nitrogens with zero attached hydrogens (tertiary/aromatic N) is 2. The van der Waals surface area contributed by atoms with Crippen LogP contribution in [0.15, 0.2) is 18.3 Å². The minimum absolute atomic E-state index is 0.276. The van der Waals surface area contributed by atoms with Gasteiger partial charge in [0.15, 0.2) is 5.82 Å². The maximum atomic E-state index is 12.1. The predicted octanol–water partition coefficient (Wildman–Crippen LogP) is 1.61. The van der Waals surface area contributed by atoms with Gasteiger partial charge >= 0.3 is 18.0 Å². The van der Waals surface area contributed by atoms with Crippen LogP contribution in [0, 0.1) is 0 Å². The summed E-state index contributed by atoms with van der Waals surface area (Å²) in [5.74, 6) is -2.92. The number of rotatable bonds is 4. The minimum Gasteiger partial charge on any atom is -0.480 e. The van der Waals surface area contributed by atoms with Gasteiger partial charge in [-0.1, -0.05) is 0 Å². The Balaban J connectivity index is 3.23. The molecular formula is C13H16N2O6. The molecule has 0 saturated carbocycles. The summed E-state index contributed by atoms with van der Waals surface area (Å²) in [6, 6.07) is 2.60. The first-order valence-electron chi connectivity index (χ1n) is 6.02. The van der Waals surface area contributed by atoms with Crippen LogP contribution in [0.3, 0.4) is 0 Å². The van der Waals surface area contributed by atoms with E-state index in [1.165, 1.54) is 18.3 Å². The fourth-order valence-corrected chi connectivity index (χ4v) is 1.46. The summed E-state index contributed by atoms with van der Waals surface area (Å²) >= 11 is 0. The maximum Gasteiger partial charge on any atom is 0.416 e. The molecule has 0 unspecified atom stereocenters. The number of carbonyl (C=O) groups is 3. The highest BCUT2D eigenvalue weighted by Gasteiger charge is 2.29. The molecule has 0 spiro atoms. The topological polar surface area (TPSA) is 117 Å². The largest absolute Gasteiger partial charge is 0.480 e. The molecule has 0 aromatic carbocycles. The van der Waals surface area contributed by atoms with Gasteiger partial charge in [-0.3, -0.25) is 4.79 Å². The quantitative estimate of drug-likeness (QED) is 0.866. The highest BCUT2D eigenvalue weighted by Crippen LogP contribution is 2.20. The van der Waals surface area contributed by atoms with Crippen molar-refractivity contribution in [2.45, 2.75) is 26.4 Å². The molecule has 0 fully saturated rings. The van der Waals surface area contributed by atoms with E-state index in [1.807, 2.05) is 0 Å². The molecule has 2 N–H and O–H groups in total. The third kappa shape index (κ3) is 4.75. The van der Waals surface area contributed by atoms with Crippen molar-refractivity contribution >= 4 is 23.8 Å². The Bertz CT molecular complexity index is 564. The highest BCUT2D eigenvalue weighted by molar-refractivity contribution is 6.00. The number of aromatic nitrogens is 1. The van der Waals surface area contributed by atoms with E-state index in [-0.39, 0.29) is 11.4 Å². The van der Waals surface area contributed by atoms with E-state index >= 15 is 0 Å². The molecule has 0 aliphatic rings. The predicted molar refractivity (Wildman–Crippen MR) is 72.4 cm³/mol. The Hall–Kier alpha value is -2.64. The third-order valence-corrected chi connectivity index (χ3v) is 2.18. The van der Waals surface area contributed by atoms with Gasteiger partial charge in [0.1, 0.15) is 17.7 Å². The Kier molecular flexibility index (Phi) is 4.85. The Morgan fingerprint density at radius 1 is 1.29 bits per heavy atom. The van der Waals surface area contributed by atoms with E-state index in [4.69, 9.17) is 14.9 Å². The standard InChI is InChI=1S/C13H16N2O6/c1-13(2,3)21-12(20)15(7-9(16)17)10-8(11(18)19)5-4-6-14-10/h4-6H,7H2,1-3H3,(H,16,17)(H,18,19). The maximum absolute atomic E-state index is 12.1. The van der Waals surface area contributed by atoms with Gasteiger partial charge in [0, 0.05) is 6.20 Å². The molecule has 0 aliphatic carbocycles. The van der Waals surface area contributed by atoms with Gasteiger partial charge < -0.3 is 14.9 Å².